The summed E-state index contributed by atoms with van der Waals surface area (Å²) in [6.07, 6.45) is 2.43. The molecule has 0 spiro atoms. The van der Waals surface area contributed by atoms with Crippen LogP contribution in [0.1, 0.15) is 35.7 Å². The van der Waals surface area contributed by atoms with Gasteiger partial charge in [-0.1, -0.05) is 42.1 Å². The lowest BCUT2D eigenvalue weighted by Crippen LogP contribution is -2.04. The third-order valence-corrected chi connectivity index (χ3v) is 6.50. The van der Waals surface area contributed by atoms with Gasteiger partial charge in [-0.05, 0) is 49.1 Å². The number of nitrogen functional groups attached to an aromatic ring is 1. The Labute approximate surface area is 212 Å². The van der Waals surface area contributed by atoms with Crippen LogP contribution in [0.5, 0.6) is 0 Å². The Kier molecular flexibility index (Phi) is 7.65. The number of pyridine rings is 1. The van der Waals surface area contributed by atoms with E-state index in [1.54, 1.807) is 19.1 Å². The maximum atomic E-state index is 13.5. The summed E-state index contributed by atoms with van der Waals surface area (Å²) >= 11 is 1.25. The van der Waals surface area contributed by atoms with Crippen LogP contribution in [0.25, 0.3) is 22.6 Å². The predicted octanol–water partition coefficient (Wildman–Crippen LogP) is 5.47. The minimum Gasteiger partial charge on any atom is -0.444 e. The molecule has 0 amide bonds. The summed E-state index contributed by atoms with van der Waals surface area (Å²) in [5.74, 6) is 0.256. The van der Waals surface area contributed by atoms with Gasteiger partial charge in [-0.3, -0.25) is 0 Å². The van der Waals surface area contributed by atoms with Crippen molar-refractivity contribution < 1.29 is 13.9 Å². The molecular weight excluding hydrogens is 477 g/mol. The molecule has 0 unspecified atom stereocenters. The number of nitrogens with zero attached hydrogens (tertiary/aromatic N) is 4. The number of rotatable bonds is 8. The average molecular weight is 500 g/mol. The summed E-state index contributed by atoms with van der Waals surface area (Å²) in [5, 5.41) is 29.6. The first kappa shape index (κ1) is 24.9. The van der Waals surface area contributed by atoms with Crippen molar-refractivity contribution in [1.82, 2.24) is 9.97 Å². The van der Waals surface area contributed by atoms with Gasteiger partial charge in [0.1, 0.15) is 40.6 Å². The molecule has 0 saturated carbocycles. The van der Waals surface area contributed by atoms with E-state index in [4.69, 9.17) is 10.2 Å². The highest BCUT2D eigenvalue weighted by Gasteiger charge is 2.21. The van der Waals surface area contributed by atoms with Crippen LogP contribution >= 0.6 is 11.8 Å². The topological polar surface area (TPSA) is 133 Å². The number of hydrogen-bond acceptors (Lipinski definition) is 8. The quantitative estimate of drug-likeness (QED) is 0.305. The second-order valence-electron chi connectivity index (χ2n) is 8.18. The first-order valence-corrected chi connectivity index (χ1v) is 12.1. The maximum Gasteiger partial charge on any atom is 0.226 e. The minimum absolute atomic E-state index is 0.0350. The number of nitriles is 2. The summed E-state index contributed by atoms with van der Waals surface area (Å²) < 4.78 is 19.0. The molecule has 1 atom stereocenters. The fourth-order valence-electron chi connectivity index (χ4n) is 3.67. The summed E-state index contributed by atoms with van der Waals surface area (Å²) in [4.78, 5) is 8.72. The molecule has 2 aromatic heterocycles. The van der Waals surface area contributed by atoms with Gasteiger partial charge in [0.2, 0.25) is 5.89 Å². The highest BCUT2D eigenvalue weighted by atomic mass is 32.2. The first-order valence-electron chi connectivity index (χ1n) is 11.1. The molecule has 0 aliphatic heterocycles. The van der Waals surface area contributed by atoms with Crippen LogP contribution in [-0.4, -0.2) is 21.2 Å². The van der Waals surface area contributed by atoms with Crippen molar-refractivity contribution in [3.63, 3.8) is 0 Å². The van der Waals surface area contributed by atoms with Crippen LogP contribution in [0.2, 0.25) is 0 Å². The lowest BCUT2D eigenvalue weighted by molar-refractivity contribution is 0.185. The van der Waals surface area contributed by atoms with Crippen molar-refractivity contribution in [3.8, 4) is 34.7 Å². The molecule has 9 heteroatoms. The highest BCUT2D eigenvalue weighted by molar-refractivity contribution is 7.98. The zero-order chi connectivity index (χ0) is 25.7. The van der Waals surface area contributed by atoms with Gasteiger partial charge in [-0.25, -0.2) is 14.4 Å². The third kappa shape index (κ3) is 5.55. The van der Waals surface area contributed by atoms with Crippen LogP contribution in [0.15, 0.2) is 64.2 Å². The molecule has 2 aromatic carbocycles. The highest BCUT2D eigenvalue weighted by Crippen LogP contribution is 2.37. The van der Waals surface area contributed by atoms with Gasteiger partial charge < -0.3 is 15.3 Å². The molecule has 0 bridgehead atoms. The van der Waals surface area contributed by atoms with E-state index in [1.807, 2.05) is 24.3 Å². The number of nitrogens with two attached hydrogens (primary N) is 1. The molecule has 2 heterocycles. The van der Waals surface area contributed by atoms with E-state index >= 15 is 0 Å². The number of aliphatic hydroxyl groups excluding tert-OH is 1. The van der Waals surface area contributed by atoms with Gasteiger partial charge in [-0.15, -0.1) is 0 Å². The van der Waals surface area contributed by atoms with Crippen LogP contribution in [0.3, 0.4) is 0 Å². The van der Waals surface area contributed by atoms with Crippen LogP contribution in [0, 0.1) is 28.5 Å². The minimum atomic E-state index is -0.394. The Bertz CT molecular complexity index is 1470. The summed E-state index contributed by atoms with van der Waals surface area (Å²) in [7, 11) is 0. The summed E-state index contributed by atoms with van der Waals surface area (Å²) in [6.45, 7) is 1.74. The molecule has 0 fully saturated rings. The zero-order valence-electron chi connectivity index (χ0n) is 19.4. The molecule has 7 nitrogen and oxygen atoms in total. The van der Waals surface area contributed by atoms with E-state index in [0.29, 0.717) is 46.0 Å². The normalized spacial score (nSPS) is 11.6. The average Bonchev–Trinajstić information content (AvgIpc) is 3.35. The van der Waals surface area contributed by atoms with Crippen molar-refractivity contribution >= 4 is 17.6 Å². The lowest BCUT2D eigenvalue weighted by Gasteiger charge is -2.13. The van der Waals surface area contributed by atoms with Gasteiger partial charge in [0, 0.05) is 16.9 Å². The standard InChI is InChI=1S/C27H22FN5O2S/c1-16(34)5-6-17-7-9-18(10-8-17)24-22(12-29)25(31)33-27(23(24)13-30)36-15-21-14-35-26(32-21)19-3-2-4-20(28)11-19/h2-4,7-11,14,16,34H,5-6,15H2,1H3,(H2,31,33)/t16-/m0/s1. The Balaban J connectivity index is 1.62. The number of aryl methyl sites for hydroxylation is 1. The molecule has 180 valence electrons. The fraction of sp³-hybridized carbons (Fsp3) is 0.185. The van der Waals surface area contributed by atoms with Gasteiger partial charge in [-0.2, -0.15) is 10.5 Å². The van der Waals surface area contributed by atoms with Crippen molar-refractivity contribution in [2.24, 2.45) is 0 Å². The number of aliphatic hydroxyl groups is 1. The molecule has 4 rings (SSSR count). The van der Waals surface area contributed by atoms with Gasteiger partial charge in [0.05, 0.1) is 17.4 Å². The van der Waals surface area contributed by atoms with E-state index in [9.17, 15) is 20.0 Å². The number of thioether (sulfide) groups is 1. The van der Waals surface area contributed by atoms with E-state index in [-0.39, 0.29) is 28.7 Å². The first-order chi connectivity index (χ1) is 17.4. The molecule has 0 aliphatic carbocycles. The number of oxazole rings is 1. The monoisotopic (exact) mass is 499 g/mol. The maximum absolute atomic E-state index is 13.5. The molecule has 36 heavy (non-hydrogen) atoms. The molecule has 0 radical (unpaired) electrons. The Hall–Kier alpha value is -4.18. The second kappa shape index (κ2) is 11.0. The van der Waals surface area contributed by atoms with Gasteiger partial charge >= 0.3 is 0 Å². The Morgan fingerprint density at radius 1 is 1.08 bits per heavy atom. The van der Waals surface area contributed by atoms with Crippen molar-refractivity contribution in [2.75, 3.05) is 5.73 Å². The number of benzene rings is 2. The van der Waals surface area contributed by atoms with E-state index < -0.39 is 6.10 Å². The number of anilines is 1. The SMILES string of the molecule is C[C@H](O)CCc1ccc(-c2c(C#N)c(N)nc(SCc3coc(-c4cccc(F)c4)n3)c2C#N)cc1. The molecule has 4 aromatic rings. The third-order valence-electron chi connectivity index (χ3n) is 5.49. The second-order valence-corrected chi connectivity index (χ2v) is 9.14. The van der Waals surface area contributed by atoms with Crippen molar-refractivity contribution in [1.29, 1.82) is 10.5 Å². The Morgan fingerprint density at radius 2 is 1.83 bits per heavy atom. The molecule has 0 aliphatic rings. The van der Waals surface area contributed by atoms with E-state index in [2.05, 4.69) is 22.1 Å². The van der Waals surface area contributed by atoms with Crippen molar-refractivity contribution in [2.45, 2.75) is 36.6 Å². The van der Waals surface area contributed by atoms with Crippen LogP contribution in [-0.2, 0) is 12.2 Å². The number of aromatic nitrogens is 2. The van der Waals surface area contributed by atoms with Gasteiger partial charge in [0.15, 0.2) is 0 Å². The zero-order valence-corrected chi connectivity index (χ0v) is 20.2. The van der Waals surface area contributed by atoms with E-state index in [0.717, 1.165) is 5.56 Å². The lowest BCUT2D eigenvalue weighted by atomic mass is 9.95. The fourth-order valence-corrected chi connectivity index (χ4v) is 4.55. The largest absolute Gasteiger partial charge is 0.444 e. The van der Waals surface area contributed by atoms with Crippen LogP contribution in [0.4, 0.5) is 10.2 Å². The summed E-state index contributed by atoms with van der Waals surface area (Å²) in [5.41, 5.74) is 9.74. The Morgan fingerprint density at radius 3 is 2.50 bits per heavy atom. The van der Waals surface area contributed by atoms with Gasteiger partial charge in [0.25, 0.3) is 0 Å². The smallest absolute Gasteiger partial charge is 0.226 e. The van der Waals surface area contributed by atoms with Crippen LogP contribution < -0.4 is 5.73 Å². The molecular formula is C27H22FN5O2S. The van der Waals surface area contributed by atoms with Crippen molar-refractivity contribution in [3.05, 3.63) is 83.0 Å². The van der Waals surface area contributed by atoms with E-state index in [1.165, 1.54) is 30.2 Å². The molecule has 3 N–H and O–H groups in total. The number of halogens is 1. The predicted molar refractivity (Wildman–Crippen MR) is 135 cm³/mol. The molecule has 0 saturated heterocycles. The summed E-state index contributed by atoms with van der Waals surface area (Å²) in [6, 6.07) is 17.7. The number of hydrogen-bond donors (Lipinski definition) is 2.